The Bertz CT molecular complexity index is 2630. The zero-order chi connectivity index (χ0) is 46.9. The Morgan fingerprint density at radius 3 is 2.23 bits per heavy atom. The number of guanidine groups is 1. The van der Waals surface area contributed by atoms with Crippen LogP contribution in [0.3, 0.4) is 0 Å². The molecule has 1 aliphatic carbocycles. The van der Waals surface area contributed by atoms with Crippen molar-refractivity contribution < 1.29 is 54.6 Å². The van der Waals surface area contributed by atoms with Gasteiger partial charge in [-0.1, -0.05) is 81.4 Å². The van der Waals surface area contributed by atoms with Crippen molar-refractivity contribution in [2.24, 2.45) is 15.8 Å². The molecule has 2 aromatic heterocycles. The summed E-state index contributed by atoms with van der Waals surface area (Å²) in [5.41, 5.74) is -3.66. The largest absolute Gasteiger partial charge is 0.463 e. The third-order valence-electron chi connectivity index (χ3n) is 11.0. The van der Waals surface area contributed by atoms with Gasteiger partial charge >= 0.3 is 31.3 Å². The zero-order valence-corrected chi connectivity index (χ0v) is 34.9. The molecule has 65 heavy (non-hydrogen) atoms. The van der Waals surface area contributed by atoms with E-state index in [9.17, 15) is 45.6 Å². The summed E-state index contributed by atoms with van der Waals surface area (Å²) < 4.78 is 109. The highest BCUT2D eigenvalue weighted by Crippen LogP contribution is 2.60. The smallest absolute Gasteiger partial charge is 0.414 e. The van der Waals surface area contributed by atoms with Gasteiger partial charge in [-0.3, -0.25) is 19.8 Å². The van der Waals surface area contributed by atoms with Gasteiger partial charge in [-0.05, 0) is 59.1 Å². The van der Waals surface area contributed by atoms with Crippen LogP contribution in [-0.2, 0) is 31.2 Å². The van der Waals surface area contributed by atoms with Gasteiger partial charge in [-0.25, -0.2) is 19.5 Å². The number of carbonyl (C=O) groups excluding carboxylic acids is 3. The lowest BCUT2D eigenvalue weighted by molar-refractivity contribution is -0.195. The Kier molecular flexibility index (Phi) is 12.6. The minimum Gasteiger partial charge on any atom is -0.463 e. The fraction of sp³-hybridized carbons (Fsp3) is 0.364. The van der Waals surface area contributed by atoms with Crippen molar-refractivity contribution >= 4 is 23.9 Å². The van der Waals surface area contributed by atoms with E-state index in [1.807, 2.05) is 26.8 Å². The van der Waals surface area contributed by atoms with Crippen molar-refractivity contribution in [1.29, 1.82) is 5.26 Å². The number of nitriles is 1. The summed E-state index contributed by atoms with van der Waals surface area (Å²) in [5.74, 6) is -3.00. The maximum Gasteiger partial charge on any atom is 0.414 e. The standard InChI is InChI=1S/C44H40F7N9O5/c1-41(2,3)24-43(31-13-11-27(12-14-31)30-20-54-58(21-30)37(45)46)36(62)59(39(57-43)56-40(63)65-22-26-7-5-4-6-8-26)33(23-64-34(61)18-42(15-16-42)44(49,50)51)28-9-10-29(19-52)32(17-28)35-53-25-55-60(35)38(47)48/h4-14,17,20-21,25,33,37-38H,15-16,18,22-24H2,1-3H3,(H,56,57,63)/t33-,43-/m1/s1. The Labute approximate surface area is 366 Å². The van der Waals surface area contributed by atoms with E-state index in [4.69, 9.17) is 14.5 Å². The molecule has 1 saturated carbocycles. The molecule has 14 nitrogen and oxygen atoms in total. The first-order valence-electron chi connectivity index (χ1n) is 20.0. The molecule has 0 bridgehead atoms. The lowest BCUT2D eigenvalue weighted by Crippen LogP contribution is -2.49. The van der Waals surface area contributed by atoms with Crippen LogP contribution < -0.4 is 5.32 Å². The summed E-state index contributed by atoms with van der Waals surface area (Å²) in [4.78, 5) is 52.3. The number of ether oxygens (including phenoxy) is 2. The summed E-state index contributed by atoms with van der Waals surface area (Å²) in [6, 6.07) is 18.8. The molecule has 0 unspecified atom stereocenters. The third kappa shape index (κ3) is 9.71. The topological polar surface area (TPSA) is 170 Å². The second-order valence-corrected chi connectivity index (χ2v) is 16.8. The van der Waals surface area contributed by atoms with Crippen LogP contribution in [0.4, 0.5) is 35.5 Å². The highest BCUT2D eigenvalue weighted by molar-refractivity contribution is 6.11. The number of aromatic nitrogens is 5. The normalized spacial score (nSPS) is 17.5. The van der Waals surface area contributed by atoms with Crippen LogP contribution in [0, 0.1) is 22.2 Å². The zero-order valence-electron chi connectivity index (χ0n) is 34.9. The molecule has 0 saturated heterocycles. The summed E-state index contributed by atoms with van der Waals surface area (Å²) >= 11 is 0. The van der Waals surface area contributed by atoms with Crippen molar-refractivity contribution in [2.45, 2.75) is 83.9 Å². The van der Waals surface area contributed by atoms with Crippen molar-refractivity contribution in [2.75, 3.05) is 6.61 Å². The van der Waals surface area contributed by atoms with Gasteiger partial charge in [0.2, 0.25) is 5.96 Å². The molecule has 2 amide bonds. The predicted molar refractivity (Wildman–Crippen MR) is 216 cm³/mol. The fourth-order valence-electron chi connectivity index (χ4n) is 7.68. The number of nitrogens with zero attached hydrogens (tertiary/aromatic N) is 8. The monoisotopic (exact) mass is 907 g/mol. The molecule has 0 radical (unpaired) electrons. The molecule has 3 heterocycles. The average Bonchev–Trinajstić information content (AvgIpc) is 3.55. The van der Waals surface area contributed by atoms with Gasteiger partial charge in [0.25, 0.3) is 5.91 Å². The van der Waals surface area contributed by atoms with Gasteiger partial charge < -0.3 is 9.47 Å². The first-order chi connectivity index (χ1) is 30.7. The highest BCUT2D eigenvalue weighted by atomic mass is 19.4. The maximum atomic E-state index is 15.6. The molecule has 2 atom stereocenters. The van der Waals surface area contributed by atoms with Gasteiger partial charge in [0.1, 0.15) is 19.5 Å². The Morgan fingerprint density at radius 2 is 1.63 bits per heavy atom. The minimum atomic E-state index is -4.71. The van der Waals surface area contributed by atoms with Crippen molar-refractivity contribution in [3.63, 3.8) is 0 Å². The molecule has 3 aromatic carbocycles. The summed E-state index contributed by atoms with van der Waals surface area (Å²) in [7, 11) is 0. The van der Waals surface area contributed by atoms with Gasteiger partial charge in [-0.15, -0.1) is 0 Å². The Hall–Kier alpha value is -7.11. The van der Waals surface area contributed by atoms with Gasteiger partial charge in [0.15, 0.2) is 11.4 Å². The number of alkyl carbamates (subject to hydrolysis) is 1. The average molecular weight is 908 g/mol. The molecule has 1 aliphatic heterocycles. The number of hydrogen-bond donors (Lipinski definition) is 1. The number of rotatable bonds is 14. The molecular formula is C44H40F7N9O5. The van der Waals surface area contributed by atoms with E-state index in [1.165, 1.54) is 36.5 Å². The number of aliphatic imine (C=N–C) groups is 1. The second-order valence-electron chi connectivity index (χ2n) is 16.8. The summed E-state index contributed by atoms with van der Waals surface area (Å²) in [5, 5.41) is 19.8. The molecular weight excluding hydrogens is 868 g/mol. The lowest BCUT2D eigenvalue weighted by atomic mass is 9.75. The summed E-state index contributed by atoms with van der Waals surface area (Å²) in [6.45, 7) is -1.75. The van der Waals surface area contributed by atoms with E-state index in [1.54, 1.807) is 42.5 Å². The van der Waals surface area contributed by atoms with E-state index in [2.05, 4.69) is 20.5 Å². The van der Waals surface area contributed by atoms with E-state index < -0.39 is 84.5 Å². The number of nitrogens with one attached hydrogen (secondary N) is 1. The first kappa shape index (κ1) is 45.9. The summed E-state index contributed by atoms with van der Waals surface area (Å²) in [6.07, 6.45) is -4.31. The number of carbonyl (C=O) groups is 3. The molecule has 340 valence electrons. The number of hydrogen-bond acceptors (Lipinski definition) is 10. The SMILES string of the molecule is CC(C)(C)C[C@]1(c2ccc(-c3cnn(C(F)F)c3)cc2)N=C(NC(=O)OCc2ccccc2)N([C@H](COC(=O)CC2(C(F)(F)F)CC2)c2ccc(C#N)c(-c3ncnn3C(F)F)c2)C1=O. The van der Waals surface area contributed by atoms with E-state index in [0.717, 1.165) is 17.4 Å². The van der Waals surface area contributed by atoms with Crippen molar-refractivity contribution in [3.05, 3.63) is 114 Å². The Morgan fingerprint density at radius 1 is 0.923 bits per heavy atom. The minimum absolute atomic E-state index is 0.00831. The quantitative estimate of drug-likeness (QED) is 0.0843. The molecule has 7 rings (SSSR count). The number of esters is 1. The second kappa shape index (κ2) is 17.8. The molecule has 5 aromatic rings. The van der Waals surface area contributed by atoms with Crippen LogP contribution in [0.25, 0.3) is 22.5 Å². The van der Waals surface area contributed by atoms with Gasteiger partial charge in [0, 0.05) is 17.3 Å². The van der Waals surface area contributed by atoms with Crippen LogP contribution in [0.2, 0.25) is 0 Å². The van der Waals surface area contributed by atoms with E-state index >= 15 is 4.79 Å². The number of amides is 2. The lowest BCUT2D eigenvalue weighted by Gasteiger charge is -2.35. The van der Waals surface area contributed by atoms with Crippen LogP contribution in [-0.4, -0.2) is 66.2 Å². The highest BCUT2D eigenvalue weighted by Gasteiger charge is 2.64. The molecule has 1 N–H and O–H groups in total. The molecule has 2 aliphatic rings. The number of alkyl halides is 7. The van der Waals surface area contributed by atoms with Crippen molar-refractivity contribution in [3.8, 4) is 28.6 Å². The van der Waals surface area contributed by atoms with Crippen molar-refractivity contribution in [1.82, 2.24) is 34.8 Å². The van der Waals surface area contributed by atoms with E-state index in [0.29, 0.717) is 21.4 Å². The fourth-order valence-corrected chi connectivity index (χ4v) is 7.68. The first-order valence-corrected chi connectivity index (χ1v) is 20.0. The number of halogens is 7. The van der Waals surface area contributed by atoms with Crippen LogP contribution in [0.1, 0.15) is 87.8 Å². The molecule has 21 heteroatoms. The molecule has 1 fully saturated rings. The predicted octanol–water partition coefficient (Wildman–Crippen LogP) is 9.24. The Balaban J connectivity index is 1.36. The van der Waals surface area contributed by atoms with Crippen LogP contribution >= 0.6 is 0 Å². The number of benzene rings is 3. The van der Waals surface area contributed by atoms with E-state index in [-0.39, 0.29) is 52.8 Å². The van der Waals surface area contributed by atoms with Gasteiger partial charge in [0.05, 0.1) is 35.7 Å². The van der Waals surface area contributed by atoms with Crippen LogP contribution in [0.5, 0.6) is 0 Å². The maximum absolute atomic E-state index is 15.6. The third-order valence-corrected chi connectivity index (χ3v) is 11.0. The van der Waals surface area contributed by atoms with Crippen LogP contribution in [0.15, 0.2) is 96.5 Å². The van der Waals surface area contributed by atoms with Gasteiger partial charge in [-0.2, -0.15) is 50.9 Å². The molecule has 0 spiro atoms.